The lowest BCUT2D eigenvalue weighted by molar-refractivity contribution is 1.29. The number of para-hydroxylation sites is 4. The van der Waals surface area contributed by atoms with Crippen LogP contribution >= 0.6 is 0 Å². The molecule has 10 aromatic rings. The van der Waals surface area contributed by atoms with E-state index >= 15 is 0 Å². The molecule has 0 N–H and O–H groups in total. The maximum atomic E-state index is 4.93. The van der Waals surface area contributed by atoms with Gasteiger partial charge in [0.05, 0.1) is 22.8 Å². The molecule has 4 nitrogen and oxygen atoms in total. The number of benzene rings is 8. The SMILES string of the molecule is c1ccc(N(c2ccccc2)c2cc(-c3ccccn3)c3ccc4c(-c5ccccn5)cc(N(c5ccccc5)c5ccccc5)c5ccc2c3c45)cc1. The van der Waals surface area contributed by atoms with Gasteiger partial charge in [0.15, 0.2) is 0 Å². The van der Waals surface area contributed by atoms with Crippen LogP contribution in [0.15, 0.2) is 207 Å². The number of hydrogen-bond donors (Lipinski definition) is 0. The number of aromatic nitrogens is 2. The molecule has 10 rings (SSSR count). The molecule has 8 aromatic carbocycles. The fourth-order valence-electron chi connectivity index (χ4n) is 7.96. The molecule has 0 atom stereocenters. The Morgan fingerprint density at radius 3 is 0.926 bits per heavy atom. The Kier molecular flexibility index (Phi) is 7.77. The van der Waals surface area contributed by atoms with Crippen molar-refractivity contribution in [3.63, 3.8) is 0 Å². The average Bonchev–Trinajstić information content (AvgIpc) is 3.25. The molecule has 0 fully saturated rings. The van der Waals surface area contributed by atoms with E-state index < -0.39 is 0 Å². The highest BCUT2D eigenvalue weighted by Crippen LogP contribution is 2.51. The Morgan fingerprint density at radius 2 is 0.611 bits per heavy atom. The first-order chi connectivity index (χ1) is 26.8. The van der Waals surface area contributed by atoms with E-state index in [2.05, 4.69) is 192 Å². The molecule has 0 aliphatic carbocycles. The zero-order valence-corrected chi connectivity index (χ0v) is 29.4. The molecule has 54 heavy (non-hydrogen) atoms. The molecule has 2 heterocycles. The number of anilines is 6. The molecule has 0 unspecified atom stereocenters. The van der Waals surface area contributed by atoms with Crippen LogP contribution in [0.3, 0.4) is 0 Å². The highest BCUT2D eigenvalue weighted by Gasteiger charge is 2.25. The zero-order chi connectivity index (χ0) is 35.8. The van der Waals surface area contributed by atoms with Gasteiger partial charge in [-0.15, -0.1) is 0 Å². The molecule has 0 saturated carbocycles. The lowest BCUT2D eigenvalue weighted by Gasteiger charge is -2.30. The summed E-state index contributed by atoms with van der Waals surface area (Å²) in [4.78, 5) is 14.6. The minimum Gasteiger partial charge on any atom is -0.310 e. The van der Waals surface area contributed by atoms with Crippen LogP contribution in [-0.4, -0.2) is 9.97 Å². The van der Waals surface area contributed by atoms with E-state index in [0.29, 0.717) is 0 Å². The van der Waals surface area contributed by atoms with Gasteiger partial charge < -0.3 is 9.80 Å². The lowest BCUT2D eigenvalue weighted by Crippen LogP contribution is -2.12. The molecule has 0 radical (unpaired) electrons. The van der Waals surface area contributed by atoms with Crippen molar-refractivity contribution in [3.8, 4) is 22.5 Å². The number of rotatable bonds is 8. The highest BCUT2D eigenvalue weighted by molar-refractivity contribution is 6.32. The minimum absolute atomic E-state index is 0.929. The smallest absolute Gasteiger partial charge is 0.0708 e. The maximum absolute atomic E-state index is 4.93. The molecule has 4 heteroatoms. The summed E-state index contributed by atoms with van der Waals surface area (Å²) in [6.45, 7) is 0. The number of pyridine rings is 2. The summed E-state index contributed by atoms with van der Waals surface area (Å²) in [5.41, 5.74) is 10.5. The zero-order valence-electron chi connectivity index (χ0n) is 29.4. The van der Waals surface area contributed by atoms with Crippen LogP contribution in [-0.2, 0) is 0 Å². The Labute approximate surface area is 314 Å². The average molecular weight is 691 g/mol. The second kappa shape index (κ2) is 13.4. The first-order valence-corrected chi connectivity index (χ1v) is 18.3. The van der Waals surface area contributed by atoms with Crippen molar-refractivity contribution in [1.29, 1.82) is 0 Å². The van der Waals surface area contributed by atoms with Gasteiger partial charge >= 0.3 is 0 Å². The summed E-state index contributed by atoms with van der Waals surface area (Å²) < 4.78 is 0. The van der Waals surface area contributed by atoms with E-state index in [1.165, 1.54) is 10.8 Å². The predicted molar refractivity (Wildman–Crippen MR) is 226 cm³/mol. The van der Waals surface area contributed by atoms with Crippen LogP contribution in [0, 0.1) is 0 Å². The van der Waals surface area contributed by atoms with Gasteiger partial charge in [-0.05, 0) is 95.7 Å². The maximum Gasteiger partial charge on any atom is 0.0708 e. The van der Waals surface area contributed by atoms with E-state index in [0.717, 1.165) is 78.2 Å². The van der Waals surface area contributed by atoms with Crippen molar-refractivity contribution in [2.45, 2.75) is 0 Å². The first kappa shape index (κ1) is 31.4. The number of nitrogens with zero attached hydrogens (tertiary/aromatic N) is 4. The Balaban J connectivity index is 1.39. The standard InChI is InChI=1S/C50H34N4/c1-5-17-35(18-6-1)53(36-19-7-2-8-20-36)47-33-43(45-25-13-15-31-51-45)39-27-28-40-44(46-26-14-16-32-52-46)34-48(42-30-29-41(47)49(39)50(40)42)54(37-21-9-3-10-22-37)38-23-11-4-12-24-38/h1-34H. The van der Waals surface area contributed by atoms with Gasteiger partial charge in [-0.3, -0.25) is 9.97 Å². The molecular formula is C50H34N4. The van der Waals surface area contributed by atoms with Crippen LogP contribution in [0.2, 0.25) is 0 Å². The number of hydrogen-bond acceptors (Lipinski definition) is 4. The van der Waals surface area contributed by atoms with E-state index in [4.69, 9.17) is 9.97 Å². The van der Waals surface area contributed by atoms with Gasteiger partial charge in [0.25, 0.3) is 0 Å². The predicted octanol–water partition coefficient (Wildman–Crippen LogP) is 13.6. The van der Waals surface area contributed by atoms with Gasteiger partial charge in [-0.1, -0.05) is 109 Å². The van der Waals surface area contributed by atoms with E-state index in [1.807, 2.05) is 24.5 Å². The molecule has 254 valence electrons. The van der Waals surface area contributed by atoms with Gasteiger partial charge in [0.2, 0.25) is 0 Å². The monoisotopic (exact) mass is 690 g/mol. The minimum atomic E-state index is 0.929. The Bertz CT molecular complexity index is 2570. The second-order valence-corrected chi connectivity index (χ2v) is 13.4. The Hall–Kier alpha value is -7.30. The fraction of sp³-hybridized carbons (Fsp3) is 0. The van der Waals surface area contributed by atoms with Crippen molar-refractivity contribution in [3.05, 3.63) is 207 Å². The third-order valence-corrected chi connectivity index (χ3v) is 10.3. The van der Waals surface area contributed by atoms with Crippen molar-refractivity contribution >= 4 is 66.4 Å². The lowest BCUT2D eigenvalue weighted by atomic mass is 9.86. The van der Waals surface area contributed by atoms with Gasteiger partial charge in [-0.2, -0.15) is 0 Å². The summed E-state index contributed by atoms with van der Waals surface area (Å²) in [5.74, 6) is 0. The van der Waals surface area contributed by atoms with Crippen LogP contribution in [0.5, 0.6) is 0 Å². The normalized spacial score (nSPS) is 11.3. The fourth-order valence-corrected chi connectivity index (χ4v) is 7.96. The van der Waals surface area contributed by atoms with Crippen LogP contribution < -0.4 is 9.80 Å². The van der Waals surface area contributed by atoms with Crippen LogP contribution in [0.25, 0.3) is 54.8 Å². The van der Waals surface area contributed by atoms with E-state index in [9.17, 15) is 0 Å². The first-order valence-electron chi connectivity index (χ1n) is 18.3. The van der Waals surface area contributed by atoms with Gasteiger partial charge in [-0.25, -0.2) is 0 Å². The highest BCUT2D eigenvalue weighted by atomic mass is 15.1. The third kappa shape index (κ3) is 5.32. The quantitative estimate of drug-likeness (QED) is 0.149. The molecule has 0 aliphatic heterocycles. The van der Waals surface area contributed by atoms with Gasteiger partial charge in [0, 0.05) is 67.8 Å². The molecule has 0 aliphatic rings. The second-order valence-electron chi connectivity index (χ2n) is 13.4. The summed E-state index contributed by atoms with van der Waals surface area (Å²) in [6, 6.07) is 68.8. The molecule has 0 spiro atoms. The Morgan fingerprint density at radius 1 is 0.296 bits per heavy atom. The molecule has 2 aromatic heterocycles. The molecule has 0 amide bonds. The van der Waals surface area contributed by atoms with E-state index in [1.54, 1.807) is 0 Å². The van der Waals surface area contributed by atoms with Crippen LogP contribution in [0.1, 0.15) is 0 Å². The summed E-state index contributed by atoms with van der Waals surface area (Å²) >= 11 is 0. The van der Waals surface area contributed by atoms with Crippen molar-refractivity contribution in [1.82, 2.24) is 9.97 Å². The summed E-state index contributed by atoms with van der Waals surface area (Å²) in [5, 5.41) is 7.01. The summed E-state index contributed by atoms with van der Waals surface area (Å²) in [6.07, 6.45) is 3.77. The van der Waals surface area contributed by atoms with Crippen molar-refractivity contribution in [2.75, 3.05) is 9.80 Å². The largest absolute Gasteiger partial charge is 0.310 e. The van der Waals surface area contributed by atoms with Crippen molar-refractivity contribution in [2.24, 2.45) is 0 Å². The summed E-state index contributed by atoms with van der Waals surface area (Å²) in [7, 11) is 0. The van der Waals surface area contributed by atoms with Crippen LogP contribution in [0.4, 0.5) is 34.1 Å². The third-order valence-electron chi connectivity index (χ3n) is 10.3. The van der Waals surface area contributed by atoms with Crippen molar-refractivity contribution < 1.29 is 0 Å². The molecule has 0 saturated heterocycles. The molecule has 0 bridgehead atoms. The van der Waals surface area contributed by atoms with Gasteiger partial charge in [0.1, 0.15) is 0 Å². The van der Waals surface area contributed by atoms with E-state index in [-0.39, 0.29) is 0 Å². The topological polar surface area (TPSA) is 32.3 Å². The molecular weight excluding hydrogens is 657 g/mol.